The van der Waals surface area contributed by atoms with E-state index < -0.39 is 0 Å². The number of nitrogens with zero attached hydrogens (tertiary/aromatic N) is 2. The van der Waals surface area contributed by atoms with E-state index in [-0.39, 0.29) is 52.8 Å². The van der Waals surface area contributed by atoms with Gasteiger partial charge in [0.05, 0.1) is 11.3 Å². The van der Waals surface area contributed by atoms with E-state index in [0.29, 0.717) is 23.6 Å². The first-order valence-electron chi connectivity index (χ1n) is 10.2. The lowest BCUT2D eigenvalue weighted by atomic mass is 10.1. The molecule has 2 heterocycles. The molecule has 2 aromatic carbocycles. The highest BCUT2D eigenvalue weighted by Gasteiger charge is 2.22. The number of anilines is 2. The van der Waals surface area contributed by atoms with Crippen molar-refractivity contribution in [3.8, 4) is 29.0 Å². The number of aromatic hydroxyl groups is 3. The van der Waals surface area contributed by atoms with Crippen molar-refractivity contribution in [1.29, 1.82) is 0 Å². The predicted molar refractivity (Wildman–Crippen MR) is 123 cm³/mol. The molecular weight excluding hydrogens is 428 g/mol. The molecule has 0 unspecified atom stereocenters. The number of rotatable bonds is 6. The largest absolute Gasteiger partial charge is 0.505 e. The number of aliphatic imine (C=N–C) groups is 1. The maximum atomic E-state index is 12.3. The smallest absolute Gasteiger partial charge is 0.257 e. The highest BCUT2D eigenvalue weighted by molar-refractivity contribution is 6.04. The van der Waals surface area contributed by atoms with Crippen LogP contribution in [0.4, 0.5) is 17.1 Å². The zero-order chi connectivity index (χ0) is 23.7. The molecule has 33 heavy (non-hydrogen) atoms. The van der Waals surface area contributed by atoms with Crippen LogP contribution in [-0.2, 0) is 0 Å². The van der Waals surface area contributed by atoms with Crippen molar-refractivity contribution in [2.45, 2.75) is 13.3 Å². The number of hydrogen-bond acceptors (Lipinski definition) is 8. The SMILES string of the molecule is CCC(=Nc1c(O)[nH]c(O)c1Nc1cccc(C(=O)N(C)C)c1O)c1ccc2c(c1)OCO2. The van der Waals surface area contributed by atoms with E-state index in [4.69, 9.17) is 9.47 Å². The second-order valence-corrected chi connectivity index (χ2v) is 7.55. The zero-order valence-electron chi connectivity index (χ0n) is 18.3. The van der Waals surface area contributed by atoms with Gasteiger partial charge in [-0.1, -0.05) is 13.0 Å². The summed E-state index contributed by atoms with van der Waals surface area (Å²) in [7, 11) is 3.15. The van der Waals surface area contributed by atoms with Crippen molar-refractivity contribution in [3.63, 3.8) is 0 Å². The minimum absolute atomic E-state index is 0.0453. The van der Waals surface area contributed by atoms with Crippen LogP contribution in [0.1, 0.15) is 29.3 Å². The van der Waals surface area contributed by atoms with E-state index in [1.54, 1.807) is 32.3 Å². The van der Waals surface area contributed by atoms with Gasteiger partial charge in [-0.3, -0.25) is 9.78 Å². The Labute approximate surface area is 189 Å². The number of carbonyl (C=O) groups is 1. The van der Waals surface area contributed by atoms with Gasteiger partial charge in [0.25, 0.3) is 5.91 Å². The topological polar surface area (TPSA) is 140 Å². The molecule has 0 atom stereocenters. The number of amides is 1. The molecule has 0 fully saturated rings. The second-order valence-electron chi connectivity index (χ2n) is 7.55. The molecule has 10 heteroatoms. The van der Waals surface area contributed by atoms with E-state index >= 15 is 0 Å². The van der Waals surface area contributed by atoms with Gasteiger partial charge in [-0.25, -0.2) is 4.99 Å². The summed E-state index contributed by atoms with van der Waals surface area (Å²) in [4.78, 5) is 20.7. The van der Waals surface area contributed by atoms with E-state index in [2.05, 4.69) is 15.3 Å². The van der Waals surface area contributed by atoms with Crippen molar-refractivity contribution in [3.05, 3.63) is 47.5 Å². The molecule has 1 amide bonds. The minimum Gasteiger partial charge on any atom is -0.505 e. The van der Waals surface area contributed by atoms with Gasteiger partial charge in [-0.2, -0.15) is 0 Å². The Bertz CT molecular complexity index is 1250. The predicted octanol–water partition coefficient (Wildman–Crippen LogP) is 3.84. The Morgan fingerprint density at radius 1 is 1.12 bits per heavy atom. The molecular formula is C23H24N4O6. The first kappa shape index (κ1) is 21.9. The average molecular weight is 452 g/mol. The Morgan fingerprint density at radius 3 is 2.61 bits per heavy atom. The van der Waals surface area contributed by atoms with Crippen molar-refractivity contribution in [2.75, 3.05) is 26.2 Å². The van der Waals surface area contributed by atoms with Crippen LogP contribution < -0.4 is 14.8 Å². The molecule has 1 aliphatic heterocycles. The number of H-pyrrole nitrogens is 1. The number of phenols is 1. The maximum absolute atomic E-state index is 12.3. The van der Waals surface area contributed by atoms with Gasteiger partial charge in [0, 0.05) is 19.8 Å². The van der Waals surface area contributed by atoms with Crippen LogP contribution >= 0.6 is 0 Å². The molecule has 0 bridgehead atoms. The first-order valence-corrected chi connectivity index (χ1v) is 10.2. The molecule has 0 radical (unpaired) electrons. The Morgan fingerprint density at radius 2 is 1.88 bits per heavy atom. The lowest BCUT2D eigenvalue weighted by Gasteiger charge is -2.15. The highest BCUT2D eigenvalue weighted by Crippen LogP contribution is 2.45. The fourth-order valence-corrected chi connectivity index (χ4v) is 3.44. The quantitative estimate of drug-likeness (QED) is 0.283. The monoisotopic (exact) mass is 452 g/mol. The van der Waals surface area contributed by atoms with Gasteiger partial charge in [-0.15, -0.1) is 0 Å². The van der Waals surface area contributed by atoms with Crippen LogP contribution in [0.5, 0.6) is 29.0 Å². The molecule has 1 aromatic heterocycles. The van der Waals surface area contributed by atoms with Crippen LogP contribution in [-0.4, -0.2) is 57.7 Å². The number of hydrogen-bond donors (Lipinski definition) is 5. The Hall–Kier alpha value is -4.34. The van der Waals surface area contributed by atoms with Crippen molar-refractivity contribution >= 4 is 28.7 Å². The number of benzene rings is 2. The number of aromatic amines is 1. The van der Waals surface area contributed by atoms with E-state index in [0.717, 1.165) is 5.56 Å². The summed E-state index contributed by atoms with van der Waals surface area (Å²) < 4.78 is 10.8. The molecule has 172 valence electrons. The molecule has 0 aliphatic carbocycles. The number of carbonyl (C=O) groups excluding carboxylic acids is 1. The summed E-state index contributed by atoms with van der Waals surface area (Å²) in [6, 6.07) is 10.0. The number of nitrogens with one attached hydrogen (secondary N) is 2. The van der Waals surface area contributed by atoms with Crippen molar-refractivity contribution in [1.82, 2.24) is 9.88 Å². The van der Waals surface area contributed by atoms with Crippen molar-refractivity contribution in [2.24, 2.45) is 4.99 Å². The summed E-state index contributed by atoms with van der Waals surface area (Å²) in [5.41, 5.74) is 1.72. The highest BCUT2D eigenvalue weighted by atomic mass is 16.7. The van der Waals surface area contributed by atoms with Gasteiger partial charge < -0.3 is 35.0 Å². The second kappa shape index (κ2) is 8.65. The third-order valence-corrected chi connectivity index (χ3v) is 5.15. The third kappa shape index (κ3) is 4.10. The lowest BCUT2D eigenvalue weighted by molar-refractivity contribution is 0.0824. The van der Waals surface area contributed by atoms with Crippen LogP contribution in [0, 0.1) is 0 Å². The van der Waals surface area contributed by atoms with Gasteiger partial charge in [-0.05, 0) is 42.3 Å². The maximum Gasteiger partial charge on any atom is 0.257 e. The fraction of sp³-hybridized carbons (Fsp3) is 0.217. The first-order chi connectivity index (χ1) is 15.8. The number of ether oxygens (including phenoxy) is 2. The zero-order valence-corrected chi connectivity index (χ0v) is 18.3. The summed E-state index contributed by atoms with van der Waals surface area (Å²) in [5, 5.41) is 34.3. The lowest BCUT2D eigenvalue weighted by Crippen LogP contribution is -2.21. The average Bonchev–Trinajstić information content (AvgIpc) is 3.36. The normalized spacial score (nSPS) is 12.6. The van der Waals surface area contributed by atoms with Gasteiger partial charge in [0.15, 0.2) is 22.9 Å². The number of fused-ring (bicyclic) bond motifs is 1. The Balaban J connectivity index is 1.73. The van der Waals surface area contributed by atoms with E-state index in [9.17, 15) is 20.1 Å². The minimum atomic E-state index is -0.383. The van der Waals surface area contributed by atoms with E-state index in [1.807, 2.05) is 13.0 Å². The van der Waals surface area contributed by atoms with Gasteiger partial charge in [0.2, 0.25) is 18.6 Å². The fourth-order valence-electron chi connectivity index (χ4n) is 3.44. The molecule has 0 saturated heterocycles. The summed E-state index contributed by atoms with van der Waals surface area (Å²) in [5.74, 6) is -0.177. The molecule has 3 aromatic rings. The Kier molecular flexibility index (Phi) is 5.74. The molecule has 0 spiro atoms. The standard InChI is InChI=1S/C23H24N4O6/c1-4-14(12-8-9-16-17(10-12)33-11-32-16)24-18-19(22(30)26-21(18)29)25-15-7-5-6-13(20(15)28)23(31)27(2)3/h5-10,25-26,28-30H,4,11H2,1-3H3. The van der Waals surface area contributed by atoms with E-state index in [1.165, 1.54) is 17.0 Å². The van der Waals surface area contributed by atoms with Crippen LogP contribution in [0.25, 0.3) is 0 Å². The number of aromatic nitrogens is 1. The molecule has 1 aliphatic rings. The van der Waals surface area contributed by atoms with Crippen LogP contribution in [0.2, 0.25) is 0 Å². The summed E-state index contributed by atoms with van der Waals surface area (Å²) in [6.07, 6.45) is 0.516. The number of phenolic OH excluding ortho intramolecular Hbond substituents is 1. The van der Waals surface area contributed by atoms with Crippen molar-refractivity contribution < 1.29 is 29.6 Å². The molecule has 0 saturated carbocycles. The van der Waals surface area contributed by atoms with Gasteiger partial charge in [0.1, 0.15) is 5.69 Å². The molecule has 10 nitrogen and oxygen atoms in total. The molecule has 5 N–H and O–H groups in total. The summed E-state index contributed by atoms with van der Waals surface area (Å²) in [6.45, 7) is 2.05. The number of para-hydroxylation sites is 1. The van der Waals surface area contributed by atoms with Gasteiger partial charge >= 0.3 is 0 Å². The van der Waals surface area contributed by atoms with Crippen LogP contribution in [0.3, 0.4) is 0 Å². The summed E-state index contributed by atoms with van der Waals surface area (Å²) >= 11 is 0. The van der Waals surface area contributed by atoms with Crippen LogP contribution in [0.15, 0.2) is 41.4 Å². The molecule has 4 rings (SSSR count). The third-order valence-electron chi connectivity index (χ3n) is 5.15.